The molecule has 2 amide bonds. The molecule has 1 fully saturated rings. The average Bonchev–Trinajstić information content (AvgIpc) is 3.09. The zero-order chi connectivity index (χ0) is 17.6. The van der Waals surface area contributed by atoms with E-state index in [-0.39, 0.29) is 17.6 Å². The quantitative estimate of drug-likeness (QED) is 0.623. The van der Waals surface area contributed by atoms with Crippen LogP contribution in [0.25, 0.3) is 6.08 Å². The minimum Gasteiger partial charge on any atom is -0.490 e. The molecule has 4 rings (SSSR count). The first-order valence-electron chi connectivity index (χ1n) is 7.93. The predicted octanol–water partition coefficient (Wildman–Crippen LogP) is 3.23. The molecular formula is C19H15BrN2O3. The Hall–Kier alpha value is -2.60. The molecule has 2 heterocycles. The number of nitrogens with zero attached hydrogens (tertiary/aromatic N) is 1. The summed E-state index contributed by atoms with van der Waals surface area (Å²) in [4.78, 5) is 24.9. The molecular weight excluding hydrogens is 384 g/mol. The van der Waals surface area contributed by atoms with E-state index in [1.807, 2.05) is 37.3 Å². The van der Waals surface area contributed by atoms with E-state index in [0.717, 1.165) is 27.8 Å². The van der Waals surface area contributed by atoms with Gasteiger partial charge < -0.3 is 4.74 Å². The van der Waals surface area contributed by atoms with Crippen LogP contribution in [0.1, 0.15) is 18.1 Å². The number of rotatable bonds is 2. The van der Waals surface area contributed by atoms with Gasteiger partial charge >= 0.3 is 0 Å². The third kappa shape index (κ3) is 2.93. The Morgan fingerprint density at radius 2 is 1.96 bits per heavy atom. The van der Waals surface area contributed by atoms with Gasteiger partial charge in [0.2, 0.25) is 0 Å². The van der Waals surface area contributed by atoms with Crippen LogP contribution in [-0.2, 0) is 16.0 Å². The van der Waals surface area contributed by atoms with Crippen LogP contribution >= 0.6 is 15.9 Å². The average molecular weight is 399 g/mol. The van der Waals surface area contributed by atoms with E-state index >= 15 is 0 Å². The summed E-state index contributed by atoms with van der Waals surface area (Å²) in [5, 5.41) is 1.26. The lowest BCUT2D eigenvalue weighted by Gasteiger charge is -2.14. The minimum atomic E-state index is -0.405. The Morgan fingerprint density at radius 3 is 2.72 bits per heavy atom. The molecule has 0 radical (unpaired) electrons. The first-order chi connectivity index (χ1) is 12.0. The molecule has 0 bridgehead atoms. The highest BCUT2D eigenvalue weighted by Gasteiger charge is 2.34. The highest BCUT2D eigenvalue weighted by molar-refractivity contribution is 9.10. The molecule has 2 aromatic rings. The maximum Gasteiger partial charge on any atom is 0.282 e. The second-order valence-corrected chi connectivity index (χ2v) is 7.03. The largest absolute Gasteiger partial charge is 0.490 e. The Bertz CT molecular complexity index is 905. The number of carbonyl (C=O) groups excluding carboxylic acids is 2. The van der Waals surface area contributed by atoms with Crippen molar-refractivity contribution >= 4 is 39.5 Å². The van der Waals surface area contributed by atoms with Crippen molar-refractivity contribution in [1.29, 1.82) is 0 Å². The van der Waals surface area contributed by atoms with E-state index in [4.69, 9.17) is 4.74 Å². The Kier molecular flexibility index (Phi) is 3.84. The van der Waals surface area contributed by atoms with E-state index in [2.05, 4.69) is 21.4 Å². The maximum absolute atomic E-state index is 12.6. The van der Waals surface area contributed by atoms with Gasteiger partial charge in [0.25, 0.3) is 11.8 Å². The van der Waals surface area contributed by atoms with Crippen molar-refractivity contribution in [1.82, 2.24) is 5.43 Å². The molecule has 2 aromatic carbocycles. The molecule has 2 aliphatic heterocycles. The van der Waals surface area contributed by atoms with Crippen LogP contribution in [0.2, 0.25) is 0 Å². The first kappa shape index (κ1) is 15.9. The number of anilines is 1. The third-order valence-electron chi connectivity index (χ3n) is 4.21. The lowest BCUT2D eigenvalue weighted by molar-refractivity contribution is -0.117. The van der Waals surface area contributed by atoms with Crippen molar-refractivity contribution in [3.63, 3.8) is 0 Å². The molecule has 0 aromatic heterocycles. The molecule has 0 saturated carbocycles. The van der Waals surface area contributed by atoms with E-state index in [9.17, 15) is 9.59 Å². The first-order valence-corrected chi connectivity index (χ1v) is 8.73. The van der Waals surface area contributed by atoms with Crippen LogP contribution in [0.15, 0.2) is 52.5 Å². The van der Waals surface area contributed by atoms with Crippen LogP contribution in [0.3, 0.4) is 0 Å². The molecule has 1 saturated heterocycles. The van der Waals surface area contributed by atoms with Crippen LogP contribution in [0, 0.1) is 0 Å². The number of hydrogen-bond donors (Lipinski definition) is 1. The molecule has 6 heteroatoms. The number of ether oxygens (including phenoxy) is 1. The van der Waals surface area contributed by atoms with E-state index in [0.29, 0.717) is 5.69 Å². The summed E-state index contributed by atoms with van der Waals surface area (Å²) in [5.74, 6) is 0.101. The molecule has 1 atom stereocenters. The zero-order valence-corrected chi connectivity index (χ0v) is 15.0. The number of hydrogen-bond acceptors (Lipinski definition) is 3. The molecule has 1 N–H and O–H groups in total. The fraction of sp³-hybridized carbons (Fsp3) is 0.158. The van der Waals surface area contributed by atoms with Crippen LogP contribution in [0.4, 0.5) is 5.69 Å². The smallest absolute Gasteiger partial charge is 0.282 e. The number of halogens is 1. The standard InChI is InChI=1S/C19H15BrN2O3/c1-11-8-13-9-12(2-7-17(13)25-11)10-16-18(23)21-22(19(16)24)15-5-3-14(20)4-6-15/h2-7,9-11H,8H2,1H3,(H,21,23)/b16-10+. The molecule has 126 valence electrons. The number of benzene rings is 2. The highest BCUT2D eigenvalue weighted by atomic mass is 79.9. The molecule has 1 unspecified atom stereocenters. The Morgan fingerprint density at radius 1 is 1.20 bits per heavy atom. The van der Waals surface area contributed by atoms with Crippen molar-refractivity contribution in [3.05, 3.63) is 63.6 Å². The number of fused-ring (bicyclic) bond motifs is 1. The number of amides is 2. The second-order valence-electron chi connectivity index (χ2n) is 6.12. The molecule has 0 aliphatic carbocycles. The van der Waals surface area contributed by atoms with Gasteiger partial charge in [0.15, 0.2) is 0 Å². The van der Waals surface area contributed by atoms with Crippen LogP contribution in [0.5, 0.6) is 5.75 Å². The van der Waals surface area contributed by atoms with Crippen molar-refractivity contribution in [2.75, 3.05) is 5.01 Å². The Balaban J connectivity index is 1.63. The summed E-state index contributed by atoms with van der Waals surface area (Å²) < 4.78 is 6.58. The van der Waals surface area contributed by atoms with Gasteiger partial charge in [-0.3, -0.25) is 15.0 Å². The van der Waals surface area contributed by atoms with Gasteiger partial charge in [0.1, 0.15) is 17.4 Å². The van der Waals surface area contributed by atoms with Crippen LogP contribution < -0.4 is 15.2 Å². The molecule has 2 aliphatic rings. The van der Waals surface area contributed by atoms with Gasteiger partial charge in [-0.25, -0.2) is 5.01 Å². The summed E-state index contributed by atoms with van der Waals surface area (Å²) in [5.41, 5.74) is 5.25. The number of hydrazine groups is 1. The minimum absolute atomic E-state index is 0.120. The summed E-state index contributed by atoms with van der Waals surface area (Å²) in [6, 6.07) is 12.9. The summed E-state index contributed by atoms with van der Waals surface area (Å²) >= 11 is 3.35. The Labute approximate surface area is 153 Å². The monoisotopic (exact) mass is 398 g/mol. The van der Waals surface area contributed by atoms with Crippen molar-refractivity contribution in [2.24, 2.45) is 0 Å². The van der Waals surface area contributed by atoms with Crippen LogP contribution in [-0.4, -0.2) is 17.9 Å². The SMILES string of the molecule is CC1Cc2cc(/C=C3\C(=O)NN(c4ccc(Br)cc4)C3=O)ccc2O1. The van der Waals surface area contributed by atoms with Gasteiger partial charge in [-0.2, -0.15) is 0 Å². The fourth-order valence-corrected chi connectivity index (χ4v) is 3.29. The van der Waals surface area contributed by atoms with Gasteiger partial charge in [-0.1, -0.05) is 22.0 Å². The van der Waals surface area contributed by atoms with Gasteiger partial charge in [0.05, 0.1) is 5.69 Å². The fourth-order valence-electron chi connectivity index (χ4n) is 3.03. The van der Waals surface area contributed by atoms with E-state index in [1.54, 1.807) is 18.2 Å². The van der Waals surface area contributed by atoms with E-state index in [1.165, 1.54) is 5.01 Å². The van der Waals surface area contributed by atoms with Crippen molar-refractivity contribution < 1.29 is 14.3 Å². The van der Waals surface area contributed by atoms with Gasteiger partial charge in [-0.15, -0.1) is 0 Å². The van der Waals surface area contributed by atoms with Crippen molar-refractivity contribution in [3.8, 4) is 5.75 Å². The van der Waals surface area contributed by atoms with Gasteiger partial charge in [-0.05, 0) is 60.5 Å². The summed E-state index contributed by atoms with van der Waals surface area (Å²) in [6.45, 7) is 2.02. The zero-order valence-electron chi connectivity index (χ0n) is 13.5. The second kappa shape index (κ2) is 6.04. The predicted molar refractivity (Wildman–Crippen MR) is 98.0 cm³/mol. The number of carbonyl (C=O) groups is 2. The molecule has 5 nitrogen and oxygen atoms in total. The topological polar surface area (TPSA) is 58.6 Å². The third-order valence-corrected chi connectivity index (χ3v) is 4.74. The lowest BCUT2D eigenvalue weighted by atomic mass is 10.0. The summed E-state index contributed by atoms with van der Waals surface area (Å²) in [6.07, 6.45) is 2.61. The van der Waals surface area contributed by atoms with E-state index < -0.39 is 5.91 Å². The lowest BCUT2D eigenvalue weighted by Crippen LogP contribution is -2.35. The van der Waals surface area contributed by atoms with Gasteiger partial charge in [0, 0.05) is 10.9 Å². The highest BCUT2D eigenvalue weighted by Crippen LogP contribution is 2.30. The van der Waals surface area contributed by atoms with Crippen molar-refractivity contribution in [2.45, 2.75) is 19.4 Å². The molecule has 25 heavy (non-hydrogen) atoms. The normalized spacial score (nSPS) is 20.6. The number of nitrogens with one attached hydrogen (secondary N) is 1. The molecule has 0 spiro atoms. The summed E-state index contributed by atoms with van der Waals surface area (Å²) in [7, 11) is 0. The maximum atomic E-state index is 12.6.